The molecule has 0 amide bonds. The number of rotatable bonds is 4. The van der Waals surface area contributed by atoms with Crippen molar-refractivity contribution in [3.8, 4) is 0 Å². The van der Waals surface area contributed by atoms with E-state index in [1.807, 2.05) is 11.9 Å². The van der Waals surface area contributed by atoms with Gasteiger partial charge in [-0.1, -0.05) is 0 Å². The average Bonchev–Trinajstić information content (AvgIpc) is 2.26. The molecule has 0 aliphatic heterocycles. The first-order chi connectivity index (χ1) is 7.13. The molecule has 0 aliphatic carbocycles. The van der Waals surface area contributed by atoms with E-state index in [4.69, 9.17) is 0 Å². The number of halogens is 1. The van der Waals surface area contributed by atoms with Crippen LogP contribution in [0.5, 0.6) is 0 Å². The van der Waals surface area contributed by atoms with E-state index in [0.29, 0.717) is 13.0 Å². The lowest BCUT2D eigenvalue weighted by atomic mass is 10.3. The molecule has 0 spiro atoms. The van der Waals surface area contributed by atoms with Gasteiger partial charge in [-0.15, -0.1) is 0 Å². The number of ether oxygens (including phenoxy) is 1. The molecular weight excluding hydrogens is 197 g/mol. The van der Waals surface area contributed by atoms with Crippen molar-refractivity contribution in [2.24, 2.45) is 0 Å². The fourth-order valence-electron chi connectivity index (χ4n) is 1.19. The lowest BCUT2D eigenvalue weighted by molar-refractivity contribution is -0.140. The number of methoxy groups -OCH3 is 1. The van der Waals surface area contributed by atoms with Crippen LogP contribution in [-0.4, -0.2) is 26.7 Å². The number of carbonyl (C=O) groups is 1. The molecule has 15 heavy (non-hydrogen) atoms. The maximum absolute atomic E-state index is 12.6. The zero-order valence-corrected chi connectivity index (χ0v) is 8.87. The number of esters is 1. The minimum atomic E-state index is -0.264. The molecule has 1 aromatic rings. The third-order valence-electron chi connectivity index (χ3n) is 2.15. The van der Waals surface area contributed by atoms with Crippen LogP contribution in [0.3, 0.4) is 0 Å². The SMILES string of the molecule is COC(=O)CCN(C)c1ccc(F)cc1. The van der Waals surface area contributed by atoms with E-state index in [-0.39, 0.29) is 11.8 Å². The summed E-state index contributed by atoms with van der Waals surface area (Å²) in [7, 11) is 3.20. The molecular formula is C11H14FNO2. The van der Waals surface area contributed by atoms with E-state index >= 15 is 0 Å². The summed E-state index contributed by atoms with van der Waals surface area (Å²) in [6, 6.07) is 6.13. The van der Waals surface area contributed by atoms with Crippen LogP contribution in [0.4, 0.5) is 10.1 Å². The van der Waals surface area contributed by atoms with Crippen molar-refractivity contribution in [1.29, 1.82) is 0 Å². The molecule has 0 heterocycles. The van der Waals surface area contributed by atoms with Crippen LogP contribution >= 0.6 is 0 Å². The van der Waals surface area contributed by atoms with Crippen LogP contribution in [-0.2, 0) is 9.53 Å². The Morgan fingerprint density at radius 3 is 2.53 bits per heavy atom. The number of hydrogen-bond donors (Lipinski definition) is 0. The van der Waals surface area contributed by atoms with E-state index in [1.165, 1.54) is 19.2 Å². The van der Waals surface area contributed by atoms with Gasteiger partial charge in [0, 0.05) is 19.3 Å². The molecule has 82 valence electrons. The summed E-state index contributed by atoms with van der Waals surface area (Å²) in [5.41, 5.74) is 0.875. The molecule has 0 aromatic heterocycles. The minimum absolute atomic E-state index is 0.246. The van der Waals surface area contributed by atoms with Gasteiger partial charge in [-0.2, -0.15) is 0 Å². The van der Waals surface area contributed by atoms with Gasteiger partial charge in [-0.05, 0) is 24.3 Å². The molecule has 1 aromatic carbocycles. The van der Waals surface area contributed by atoms with E-state index in [9.17, 15) is 9.18 Å². The standard InChI is InChI=1S/C11H14FNO2/c1-13(8-7-11(14)15-2)10-5-3-9(12)4-6-10/h3-6H,7-8H2,1-2H3. The predicted octanol–water partition coefficient (Wildman–Crippen LogP) is 1.82. The van der Waals surface area contributed by atoms with Crippen LogP contribution in [0.25, 0.3) is 0 Å². The largest absolute Gasteiger partial charge is 0.469 e. The van der Waals surface area contributed by atoms with Crippen molar-refractivity contribution in [3.63, 3.8) is 0 Å². The number of benzene rings is 1. The monoisotopic (exact) mass is 211 g/mol. The van der Waals surface area contributed by atoms with Gasteiger partial charge >= 0.3 is 5.97 Å². The fraction of sp³-hybridized carbons (Fsp3) is 0.364. The lowest BCUT2D eigenvalue weighted by Gasteiger charge is -2.18. The summed E-state index contributed by atoms with van der Waals surface area (Å²) < 4.78 is 17.2. The summed E-state index contributed by atoms with van der Waals surface area (Å²) in [5.74, 6) is -0.510. The summed E-state index contributed by atoms with van der Waals surface area (Å²) in [4.78, 5) is 12.8. The fourth-order valence-corrected chi connectivity index (χ4v) is 1.19. The summed E-state index contributed by atoms with van der Waals surface area (Å²) in [6.45, 7) is 0.554. The van der Waals surface area contributed by atoms with Crippen molar-refractivity contribution in [2.45, 2.75) is 6.42 Å². The van der Waals surface area contributed by atoms with Crippen molar-refractivity contribution in [2.75, 3.05) is 25.6 Å². The molecule has 3 nitrogen and oxygen atoms in total. The van der Waals surface area contributed by atoms with Gasteiger partial charge in [-0.25, -0.2) is 4.39 Å². The molecule has 0 radical (unpaired) electrons. The minimum Gasteiger partial charge on any atom is -0.469 e. The van der Waals surface area contributed by atoms with Crippen molar-refractivity contribution in [1.82, 2.24) is 0 Å². The van der Waals surface area contributed by atoms with Gasteiger partial charge in [0.15, 0.2) is 0 Å². The zero-order valence-electron chi connectivity index (χ0n) is 8.87. The molecule has 4 heteroatoms. The van der Waals surface area contributed by atoms with Gasteiger partial charge in [0.2, 0.25) is 0 Å². The molecule has 0 atom stereocenters. The Kier molecular flexibility index (Phi) is 4.09. The second-order valence-corrected chi connectivity index (χ2v) is 3.22. The Balaban J connectivity index is 2.50. The van der Waals surface area contributed by atoms with E-state index in [1.54, 1.807) is 12.1 Å². The summed E-state index contributed by atoms with van der Waals surface area (Å²) in [5, 5.41) is 0. The van der Waals surface area contributed by atoms with Gasteiger partial charge in [-0.3, -0.25) is 4.79 Å². The van der Waals surface area contributed by atoms with Crippen LogP contribution < -0.4 is 4.90 Å². The number of hydrogen-bond acceptors (Lipinski definition) is 3. The third kappa shape index (κ3) is 3.58. The first-order valence-electron chi connectivity index (χ1n) is 4.67. The number of nitrogens with zero attached hydrogens (tertiary/aromatic N) is 1. The van der Waals surface area contributed by atoms with Gasteiger partial charge in [0.1, 0.15) is 5.82 Å². The highest BCUT2D eigenvalue weighted by Crippen LogP contribution is 2.13. The quantitative estimate of drug-likeness (QED) is 0.711. The van der Waals surface area contributed by atoms with Crippen molar-refractivity contribution < 1.29 is 13.9 Å². The molecule has 0 aliphatic rings. The normalized spacial score (nSPS) is 9.80. The third-order valence-corrected chi connectivity index (χ3v) is 2.15. The first-order valence-corrected chi connectivity index (χ1v) is 4.67. The molecule has 0 bridgehead atoms. The van der Waals surface area contributed by atoms with Gasteiger partial charge < -0.3 is 9.64 Å². The van der Waals surface area contributed by atoms with Gasteiger partial charge in [0.05, 0.1) is 13.5 Å². The highest BCUT2D eigenvalue weighted by atomic mass is 19.1. The highest BCUT2D eigenvalue weighted by Gasteiger charge is 2.04. The number of carbonyl (C=O) groups excluding carboxylic acids is 1. The zero-order chi connectivity index (χ0) is 11.3. The smallest absolute Gasteiger partial charge is 0.307 e. The van der Waals surface area contributed by atoms with Crippen molar-refractivity contribution in [3.05, 3.63) is 30.1 Å². The second kappa shape index (κ2) is 5.34. The van der Waals surface area contributed by atoms with Crippen LogP contribution in [0, 0.1) is 5.82 Å². The van der Waals surface area contributed by atoms with E-state index in [0.717, 1.165) is 5.69 Å². The van der Waals surface area contributed by atoms with Crippen molar-refractivity contribution >= 4 is 11.7 Å². The van der Waals surface area contributed by atoms with Gasteiger partial charge in [0.25, 0.3) is 0 Å². The summed E-state index contributed by atoms with van der Waals surface area (Å²) >= 11 is 0. The molecule has 0 saturated heterocycles. The molecule has 0 saturated carbocycles. The average molecular weight is 211 g/mol. The number of anilines is 1. The molecule has 0 unspecified atom stereocenters. The lowest BCUT2D eigenvalue weighted by Crippen LogP contribution is -2.21. The predicted molar refractivity (Wildman–Crippen MR) is 56.3 cm³/mol. The Hall–Kier alpha value is -1.58. The van der Waals surface area contributed by atoms with Crippen LogP contribution in [0.15, 0.2) is 24.3 Å². The Bertz CT molecular complexity index is 324. The Labute approximate surface area is 88.5 Å². The second-order valence-electron chi connectivity index (χ2n) is 3.22. The summed E-state index contributed by atoms with van der Waals surface area (Å²) in [6.07, 6.45) is 0.324. The maximum atomic E-state index is 12.6. The Morgan fingerprint density at radius 1 is 1.40 bits per heavy atom. The molecule has 0 fully saturated rings. The Morgan fingerprint density at radius 2 is 2.00 bits per heavy atom. The highest BCUT2D eigenvalue weighted by molar-refractivity contribution is 5.70. The first kappa shape index (κ1) is 11.5. The van der Waals surface area contributed by atoms with E-state index < -0.39 is 0 Å². The maximum Gasteiger partial charge on any atom is 0.307 e. The molecule has 1 rings (SSSR count). The molecule has 0 N–H and O–H groups in total. The van der Waals surface area contributed by atoms with Crippen LogP contribution in [0.1, 0.15) is 6.42 Å². The van der Waals surface area contributed by atoms with Crippen LogP contribution in [0.2, 0.25) is 0 Å². The van der Waals surface area contributed by atoms with E-state index in [2.05, 4.69) is 4.74 Å². The topological polar surface area (TPSA) is 29.5 Å².